The van der Waals surface area contributed by atoms with Gasteiger partial charge in [0.1, 0.15) is 0 Å². The van der Waals surface area contributed by atoms with Gasteiger partial charge in [-0.1, -0.05) is 60.7 Å². The molecule has 0 saturated carbocycles. The second-order valence-electron chi connectivity index (χ2n) is 7.53. The largest absolute Gasteiger partial charge is 0.322 e. The van der Waals surface area contributed by atoms with Gasteiger partial charge in [-0.05, 0) is 49.8 Å². The van der Waals surface area contributed by atoms with Crippen LogP contribution in [0.1, 0.15) is 27.3 Å². The number of benzene rings is 3. The van der Waals surface area contributed by atoms with Crippen LogP contribution in [0.3, 0.4) is 0 Å². The molecule has 6 nitrogen and oxygen atoms in total. The van der Waals surface area contributed by atoms with E-state index in [1.54, 1.807) is 35.0 Å². The maximum absolute atomic E-state index is 13.1. The summed E-state index contributed by atoms with van der Waals surface area (Å²) < 4.78 is 1.80. The fourth-order valence-electron chi connectivity index (χ4n) is 3.53. The molecule has 0 unspecified atom stereocenters. The zero-order valence-corrected chi connectivity index (χ0v) is 18.4. The minimum atomic E-state index is -0.322. The third-order valence-electron chi connectivity index (χ3n) is 5.19. The summed E-state index contributed by atoms with van der Waals surface area (Å²) >= 11 is 0. The quantitative estimate of drug-likeness (QED) is 0.398. The van der Waals surface area contributed by atoms with Crippen LogP contribution in [0.2, 0.25) is 0 Å². The van der Waals surface area contributed by atoms with Gasteiger partial charge in [-0.2, -0.15) is 5.10 Å². The first-order valence-corrected chi connectivity index (χ1v) is 10.6. The van der Waals surface area contributed by atoms with Gasteiger partial charge in [0.05, 0.1) is 34.0 Å². The van der Waals surface area contributed by atoms with E-state index in [1.807, 2.05) is 74.5 Å². The van der Waals surface area contributed by atoms with Gasteiger partial charge in [0.15, 0.2) is 0 Å². The van der Waals surface area contributed by atoms with Crippen molar-refractivity contribution in [1.82, 2.24) is 9.78 Å². The van der Waals surface area contributed by atoms with Crippen LogP contribution in [0, 0.1) is 13.8 Å². The van der Waals surface area contributed by atoms with E-state index in [1.165, 1.54) is 6.08 Å². The minimum absolute atomic E-state index is 0.316. The molecule has 0 aliphatic carbocycles. The van der Waals surface area contributed by atoms with Crippen LogP contribution in [-0.4, -0.2) is 21.6 Å². The van der Waals surface area contributed by atoms with Crippen molar-refractivity contribution in [2.45, 2.75) is 13.8 Å². The Kier molecular flexibility index (Phi) is 6.45. The van der Waals surface area contributed by atoms with Crippen molar-refractivity contribution >= 4 is 29.3 Å². The van der Waals surface area contributed by atoms with Crippen molar-refractivity contribution in [2.75, 3.05) is 10.6 Å². The number of hydrogen-bond donors (Lipinski definition) is 2. The van der Waals surface area contributed by atoms with Crippen molar-refractivity contribution in [3.05, 3.63) is 114 Å². The highest BCUT2D eigenvalue weighted by Gasteiger charge is 2.18. The molecule has 1 heterocycles. The number of nitrogens with one attached hydrogen (secondary N) is 2. The van der Waals surface area contributed by atoms with Gasteiger partial charge in [-0.3, -0.25) is 9.59 Å². The number of amides is 2. The SMILES string of the molecule is Cc1nn(-c2ccccc2)c(C)c1NC(=O)c1ccccc1NC(=O)/C=C/c1ccccc1. The lowest BCUT2D eigenvalue weighted by molar-refractivity contribution is -0.111. The molecule has 3 aromatic carbocycles. The molecule has 0 spiro atoms. The number of rotatable bonds is 6. The molecule has 6 heteroatoms. The van der Waals surface area contributed by atoms with Gasteiger partial charge >= 0.3 is 0 Å². The molecule has 0 bridgehead atoms. The number of hydrogen-bond acceptors (Lipinski definition) is 3. The molecule has 0 aliphatic heterocycles. The number of aromatic nitrogens is 2. The summed E-state index contributed by atoms with van der Waals surface area (Å²) in [7, 11) is 0. The molecule has 2 N–H and O–H groups in total. The lowest BCUT2D eigenvalue weighted by atomic mass is 10.1. The summed E-state index contributed by atoms with van der Waals surface area (Å²) in [6, 6.07) is 26.2. The van der Waals surface area contributed by atoms with Crippen LogP contribution in [0.4, 0.5) is 11.4 Å². The van der Waals surface area contributed by atoms with Crippen molar-refractivity contribution in [3.8, 4) is 5.69 Å². The fourth-order valence-corrected chi connectivity index (χ4v) is 3.53. The van der Waals surface area contributed by atoms with E-state index in [2.05, 4.69) is 15.7 Å². The average Bonchev–Trinajstić information content (AvgIpc) is 3.12. The van der Waals surface area contributed by atoms with Crippen molar-refractivity contribution < 1.29 is 9.59 Å². The average molecular weight is 437 g/mol. The first kappa shape index (κ1) is 21.8. The maximum atomic E-state index is 13.1. The molecule has 0 saturated heterocycles. The van der Waals surface area contributed by atoms with E-state index in [4.69, 9.17) is 0 Å². The number of aryl methyl sites for hydroxylation is 1. The van der Waals surface area contributed by atoms with Crippen LogP contribution in [-0.2, 0) is 4.79 Å². The standard InChI is InChI=1S/C27H24N4O2/c1-19-26(20(2)31(30-19)22-13-7-4-8-14-22)29-27(33)23-15-9-10-16-24(23)28-25(32)18-17-21-11-5-3-6-12-21/h3-18H,1-2H3,(H,28,32)(H,29,33)/b18-17+. The zero-order valence-electron chi connectivity index (χ0n) is 18.4. The Morgan fingerprint density at radius 3 is 2.18 bits per heavy atom. The molecule has 4 aromatic rings. The van der Waals surface area contributed by atoms with Crippen LogP contribution in [0.25, 0.3) is 11.8 Å². The van der Waals surface area contributed by atoms with Gasteiger partial charge in [0, 0.05) is 6.08 Å². The number of nitrogens with zero attached hydrogens (tertiary/aromatic N) is 2. The van der Waals surface area contributed by atoms with Crippen molar-refractivity contribution in [3.63, 3.8) is 0 Å². The highest BCUT2D eigenvalue weighted by atomic mass is 16.2. The van der Waals surface area contributed by atoms with Gasteiger partial charge in [0.25, 0.3) is 5.91 Å². The predicted octanol–water partition coefficient (Wildman–Crippen LogP) is 5.39. The number of carbonyl (C=O) groups is 2. The Labute approximate surface area is 192 Å². The summed E-state index contributed by atoms with van der Waals surface area (Å²) in [6.45, 7) is 3.76. The van der Waals surface area contributed by atoms with Crippen LogP contribution in [0.5, 0.6) is 0 Å². The minimum Gasteiger partial charge on any atom is -0.322 e. The molecule has 33 heavy (non-hydrogen) atoms. The second-order valence-corrected chi connectivity index (χ2v) is 7.53. The van der Waals surface area contributed by atoms with Gasteiger partial charge < -0.3 is 10.6 Å². The Bertz CT molecular complexity index is 1310. The van der Waals surface area contributed by atoms with E-state index >= 15 is 0 Å². The topological polar surface area (TPSA) is 76.0 Å². The lowest BCUT2D eigenvalue weighted by Crippen LogP contribution is -2.17. The van der Waals surface area contributed by atoms with E-state index in [-0.39, 0.29) is 11.8 Å². The molecule has 4 rings (SSSR count). The Morgan fingerprint density at radius 2 is 1.45 bits per heavy atom. The van der Waals surface area contributed by atoms with Crippen LogP contribution < -0.4 is 10.6 Å². The lowest BCUT2D eigenvalue weighted by Gasteiger charge is -2.11. The summed E-state index contributed by atoms with van der Waals surface area (Å²) in [5.74, 6) is -0.639. The van der Waals surface area contributed by atoms with Gasteiger partial charge in [0.2, 0.25) is 5.91 Å². The summed E-state index contributed by atoms with van der Waals surface area (Å²) in [6.07, 6.45) is 3.17. The Morgan fingerprint density at radius 1 is 0.818 bits per heavy atom. The normalized spacial score (nSPS) is 10.8. The maximum Gasteiger partial charge on any atom is 0.257 e. The summed E-state index contributed by atoms with van der Waals surface area (Å²) in [5, 5.41) is 10.3. The predicted molar refractivity (Wildman–Crippen MR) is 132 cm³/mol. The zero-order chi connectivity index (χ0) is 23.2. The van der Waals surface area contributed by atoms with Crippen molar-refractivity contribution in [2.24, 2.45) is 0 Å². The van der Waals surface area contributed by atoms with E-state index in [9.17, 15) is 9.59 Å². The second kappa shape index (κ2) is 9.78. The highest BCUT2D eigenvalue weighted by molar-refractivity contribution is 6.12. The molecular formula is C27H24N4O2. The summed E-state index contributed by atoms with van der Waals surface area (Å²) in [5.41, 5.74) is 4.80. The molecule has 2 amide bonds. The third-order valence-corrected chi connectivity index (χ3v) is 5.19. The molecule has 1 aromatic heterocycles. The van der Waals surface area contributed by atoms with Gasteiger partial charge in [-0.25, -0.2) is 4.68 Å². The smallest absolute Gasteiger partial charge is 0.257 e. The highest BCUT2D eigenvalue weighted by Crippen LogP contribution is 2.25. The molecule has 0 fully saturated rings. The van der Waals surface area contributed by atoms with E-state index in [0.717, 1.165) is 16.9 Å². The van der Waals surface area contributed by atoms with E-state index in [0.29, 0.717) is 22.6 Å². The molecule has 0 aliphatic rings. The fraction of sp³-hybridized carbons (Fsp3) is 0.0741. The number of anilines is 2. The molecule has 0 atom stereocenters. The number of carbonyl (C=O) groups excluding carboxylic acids is 2. The monoisotopic (exact) mass is 436 g/mol. The number of para-hydroxylation sites is 2. The Balaban J connectivity index is 1.53. The Hall–Kier alpha value is -4.45. The first-order chi connectivity index (χ1) is 16.0. The van der Waals surface area contributed by atoms with Crippen LogP contribution >= 0.6 is 0 Å². The van der Waals surface area contributed by atoms with Crippen LogP contribution in [0.15, 0.2) is 91.0 Å². The summed E-state index contributed by atoms with van der Waals surface area (Å²) in [4.78, 5) is 25.6. The molecule has 0 radical (unpaired) electrons. The van der Waals surface area contributed by atoms with Crippen molar-refractivity contribution in [1.29, 1.82) is 0 Å². The van der Waals surface area contributed by atoms with Gasteiger partial charge in [-0.15, -0.1) is 0 Å². The molecule has 164 valence electrons. The van der Waals surface area contributed by atoms with E-state index < -0.39 is 0 Å². The first-order valence-electron chi connectivity index (χ1n) is 10.6. The molecular weight excluding hydrogens is 412 g/mol. The third kappa shape index (κ3) is 5.07.